The van der Waals surface area contributed by atoms with Crippen molar-refractivity contribution in [2.45, 2.75) is 32.7 Å². The molecule has 1 heterocycles. The average Bonchev–Trinajstić information content (AvgIpc) is 3.09. The molecule has 0 atom stereocenters. The fourth-order valence-corrected chi connectivity index (χ4v) is 3.26. The minimum atomic E-state index is 0.855. The van der Waals surface area contributed by atoms with Crippen molar-refractivity contribution in [3.8, 4) is 22.8 Å². The van der Waals surface area contributed by atoms with Crippen LogP contribution in [-0.2, 0) is 19.4 Å². The van der Waals surface area contributed by atoms with Gasteiger partial charge in [-0.2, -0.15) is 0 Å². The molecular formula is C22H26N2O2. The standard InChI is InChI=1S/C22H26N2O2/c1-4-8-20-22(18-10-7-11-19(15-18)25-2)23-16-24(20)14-13-17-9-5-6-12-21(17)26-3/h5-7,9-12,15-16H,4,8,13-14H2,1-3H3. The third kappa shape index (κ3) is 3.90. The second-order valence-electron chi connectivity index (χ2n) is 6.28. The van der Waals surface area contributed by atoms with E-state index in [-0.39, 0.29) is 0 Å². The van der Waals surface area contributed by atoms with Gasteiger partial charge in [-0.15, -0.1) is 0 Å². The second kappa shape index (κ2) is 8.56. The van der Waals surface area contributed by atoms with Crippen molar-refractivity contribution in [1.29, 1.82) is 0 Å². The van der Waals surface area contributed by atoms with Crippen molar-refractivity contribution in [2.75, 3.05) is 14.2 Å². The van der Waals surface area contributed by atoms with E-state index in [1.165, 1.54) is 11.3 Å². The van der Waals surface area contributed by atoms with E-state index in [9.17, 15) is 0 Å². The topological polar surface area (TPSA) is 36.3 Å². The maximum absolute atomic E-state index is 5.47. The number of hydrogen-bond acceptors (Lipinski definition) is 3. The van der Waals surface area contributed by atoms with E-state index < -0.39 is 0 Å². The summed E-state index contributed by atoms with van der Waals surface area (Å²) >= 11 is 0. The molecule has 0 aliphatic heterocycles. The predicted octanol–water partition coefficient (Wildman–Crippen LogP) is 4.76. The van der Waals surface area contributed by atoms with Crippen molar-refractivity contribution in [3.63, 3.8) is 0 Å². The summed E-state index contributed by atoms with van der Waals surface area (Å²) in [5, 5.41) is 0. The lowest BCUT2D eigenvalue weighted by Crippen LogP contribution is -2.06. The first-order valence-electron chi connectivity index (χ1n) is 9.07. The third-order valence-corrected chi connectivity index (χ3v) is 4.59. The molecule has 0 aliphatic rings. The molecule has 0 saturated heterocycles. The SMILES string of the molecule is CCCc1c(-c2cccc(OC)c2)ncn1CCc1ccccc1OC. The van der Waals surface area contributed by atoms with E-state index in [0.29, 0.717) is 0 Å². The first-order chi connectivity index (χ1) is 12.8. The number of methoxy groups -OCH3 is 2. The zero-order valence-corrected chi connectivity index (χ0v) is 15.7. The number of hydrogen-bond donors (Lipinski definition) is 0. The highest BCUT2D eigenvalue weighted by molar-refractivity contribution is 5.64. The third-order valence-electron chi connectivity index (χ3n) is 4.59. The van der Waals surface area contributed by atoms with Crippen LogP contribution >= 0.6 is 0 Å². The zero-order valence-electron chi connectivity index (χ0n) is 15.7. The van der Waals surface area contributed by atoms with Crippen LogP contribution in [0.1, 0.15) is 24.6 Å². The van der Waals surface area contributed by atoms with Gasteiger partial charge in [-0.3, -0.25) is 0 Å². The number of ether oxygens (including phenoxy) is 2. The van der Waals surface area contributed by atoms with Gasteiger partial charge in [0.25, 0.3) is 0 Å². The molecule has 26 heavy (non-hydrogen) atoms. The Labute approximate surface area is 155 Å². The van der Waals surface area contributed by atoms with Crippen LogP contribution in [0.2, 0.25) is 0 Å². The molecule has 0 aliphatic carbocycles. The summed E-state index contributed by atoms with van der Waals surface area (Å²) in [4.78, 5) is 4.71. The number of imidazole rings is 1. The Bertz CT molecular complexity index is 855. The van der Waals surface area contributed by atoms with Crippen LogP contribution in [-0.4, -0.2) is 23.8 Å². The van der Waals surface area contributed by atoms with Gasteiger partial charge in [0.15, 0.2) is 0 Å². The molecule has 136 valence electrons. The molecule has 0 fully saturated rings. The van der Waals surface area contributed by atoms with Crippen molar-refractivity contribution < 1.29 is 9.47 Å². The van der Waals surface area contributed by atoms with E-state index in [1.807, 2.05) is 36.7 Å². The molecule has 4 nitrogen and oxygen atoms in total. The quantitative estimate of drug-likeness (QED) is 0.587. The van der Waals surface area contributed by atoms with E-state index in [2.05, 4.69) is 29.7 Å². The molecule has 1 aromatic heterocycles. The largest absolute Gasteiger partial charge is 0.497 e. The average molecular weight is 350 g/mol. The molecular weight excluding hydrogens is 324 g/mol. The number of para-hydroxylation sites is 1. The fourth-order valence-electron chi connectivity index (χ4n) is 3.26. The molecule has 0 bridgehead atoms. The molecule has 0 amide bonds. The van der Waals surface area contributed by atoms with Crippen molar-refractivity contribution in [2.24, 2.45) is 0 Å². The maximum atomic E-state index is 5.47. The van der Waals surface area contributed by atoms with E-state index in [0.717, 1.165) is 48.6 Å². The highest BCUT2D eigenvalue weighted by Crippen LogP contribution is 2.27. The van der Waals surface area contributed by atoms with Crippen LogP contribution in [0.25, 0.3) is 11.3 Å². The zero-order chi connectivity index (χ0) is 18.4. The highest BCUT2D eigenvalue weighted by Gasteiger charge is 2.13. The lowest BCUT2D eigenvalue weighted by Gasteiger charge is -2.12. The number of benzene rings is 2. The summed E-state index contributed by atoms with van der Waals surface area (Å²) < 4.78 is 13.1. The van der Waals surface area contributed by atoms with Gasteiger partial charge in [0.05, 0.1) is 26.2 Å². The summed E-state index contributed by atoms with van der Waals surface area (Å²) in [7, 11) is 3.41. The van der Waals surface area contributed by atoms with Gasteiger partial charge in [-0.1, -0.05) is 43.7 Å². The molecule has 0 N–H and O–H groups in total. The Morgan fingerprint density at radius 2 is 1.81 bits per heavy atom. The van der Waals surface area contributed by atoms with Gasteiger partial charge in [-0.25, -0.2) is 4.98 Å². The first-order valence-corrected chi connectivity index (χ1v) is 9.07. The number of rotatable bonds is 8. The lowest BCUT2D eigenvalue weighted by molar-refractivity contribution is 0.408. The minimum absolute atomic E-state index is 0.855. The molecule has 0 unspecified atom stereocenters. The molecule has 3 aromatic rings. The molecule has 0 spiro atoms. The highest BCUT2D eigenvalue weighted by atomic mass is 16.5. The molecule has 2 aromatic carbocycles. The predicted molar refractivity (Wildman–Crippen MR) is 105 cm³/mol. The minimum Gasteiger partial charge on any atom is -0.497 e. The van der Waals surface area contributed by atoms with Crippen LogP contribution in [0.3, 0.4) is 0 Å². The smallest absolute Gasteiger partial charge is 0.122 e. The monoisotopic (exact) mass is 350 g/mol. The van der Waals surface area contributed by atoms with Gasteiger partial charge in [-0.05, 0) is 36.6 Å². The molecule has 3 rings (SSSR count). The Hall–Kier alpha value is -2.75. The Balaban J connectivity index is 1.87. The normalized spacial score (nSPS) is 10.7. The molecule has 0 radical (unpaired) electrons. The van der Waals surface area contributed by atoms with E-state index >= 15 is 0 Å². The molecule has 0 saturated carbocycles. The van der Waals surface area contributed by atoms with Gasteiger partial charge in [0, 0.05) is 17.8 Å². The van der Waals surface area contributed by atoms with Crippen LogP contribution in [0.4, 0.5) is 0 Å². The fraction of sp³-hybridized carbons (Fsp3) is 0.318. The van der Waals surface area contributed by atoms with Gasteiger partial charge in [0.1, 0.15) is 11.5 Å². The lowest BCUT2D eigenvalue weighted by atomic mass is 10.1. The maximum Gasteiger partial charge on any atom is 0.122 e. The Morgan fingerprint density at radius 1 is 0.962 bits per heavy atom. The van der Waals surface area contributed by atoms with E-state index in [4.69, 9.17) is 14.5 Å². The Morgan fingerprint density at radius 3 is 2.58 bits per heavy atom. The Kier molecular flexibility index (Phi) is 5.95. The van der Waals surface area contributed by atoms with Crippen LogP contribution in [0.5, 0.6) is 11.5 Å². The van der Waals surface area contributed by atoms with E-state index in [1.54, 1.807) is 14.2 Å². The van der Waals surface area contributed by atoms with Crippen LogP contribution in [0, 0.1) is 0 Å². The summed E-state index contributed by atoms with van der Waals surface area (Å²) in [6.07, 6.45) is 4.94. The number of aryl methyl sites for hydroxylation is 2. The summed E-state index contributed by atoms with van der Waals surface area (Å²) in [5.41, 5.74) is 4.64. The van der Waals surface area contributed by atoms with Gasteiger partial charge in [0.2, 0.25) is 0 Å². The molecule has 4 heteroatoms. The summed E-state index contributed by atoms with van der Waals surface area (Å²) in [6.45, 7) is 3.08. The van der Waals surface area contributed by atoms with Crippen molar-refractivity contribution in [1.82, 2.24) is 9.55 Å². The second-order valence-corrected chi connectivity index (χ2v) is 6.28. The van der Waals surface area contributed by atoms with Gasteiger partial charge >= 0.3 is 0 Å². The summed E-state index contributed by atoms with van der Waals surface area (Å²) in [5.74, 6) is 1.80. The number of nitrogens with zero attached hydrogens (tertiary/aromatic N) is 2. The number of aromatic nitrogens is 2. The van der Waals surface area contributed by atoms with Gasteiger partial charge < -0.3 is 14.0 Å². The van der Waals surface area contributed by atoms with Crippen molar-refractivity contribution in [3.05, 3.63) is 66.1 Å². The summed E-state index contributed by atoms with van der Waals surface area (Å²) in [6, 6.07) is 16.3. The van der Waals surface area contributed by atoms with Crippen molar-refractivity contribution >= 4 is 0 Å². The van der Waals surface area contributed by atoms with Crippen LogP contribution in [0.15, 0.2) is 54.9 Å². The first kappa shape index (κ1) is 18.1. The van der Waals surface area contributed by atoms with Crippen LogP contribution < -0.4 is 9.47 Å².